The summed E-state index contributed by atoms with van der Waals surface area (Å²) in [6.07, 6.45) is 0.957. The van der Waals surface area contributed by atoms with Gasteiger partial charge in [0.05, 0.1) is 25.7 Å². The van der Waals surface area contributed by atoms with E-state index in [0.29, 0.717) is 50.9 Å². The molecule has 3 aromatic heterocycles. The molecule has 11 heteroatoms. The molecule has 5 aromatic rings. The third kappa shape index (κ3) is 4.62. The Labute approximate surface area is 204 Å². The first kappa shape index (κ1) is 22.7. The molecule has 0 aliphatic heterocycles. The summed E-state index contributed by atoms with van der Waals surface area (Å²) in [7, 11) is 3.16. The number of nitrogens with zero attached hydrogens (tertiary/aromatic N) is 5. The maximum Gasteiger partial charge on any atom is 0.290 e. The Morgan fingerprint density at radius 3 is 2.46 bits per heavy atom. The minimum absolute atomic E-state index is 0.315. The number of aromatic amines is 1. The van der Waals surface area contributed by atoms with E-state index >= 15 is 0 Å². The zero-order chi connectivity index (χ0) is 24.4. The van der Waals surface area contributed by atoms with Gasteiger partial charge in [0.1, 0.15) is 17.0 Å². The highest BCUT2D eigenvalue weighted by Gasteiger charge is 2.16. The van der Waals surface area contributed by atoms with E-state index in [0.717, 1.165) is 12.0 Å². The second-order valence-electron chi connectivity index (χ2n) is 7.61. The minimum atomic E-state index is -0.315. The number of thioether (sulfide) groups is 1. The van der Waals surface area contributed by atoms with Crippen LogP contribution in [0.15, 0.2) is 63.0 Å². The fourth-order valence-electron chi connectivity index (χ4n) is 3.53. The van der Waals surface area contributed by atoms with E-state index in [9.17, 15) is 4.79 Å². The van der Waals surface area contributed by atoms with Crippen LogP contribution in [-0.4, -0.2) is 44.2 Å². The van der Waals surface area contributed by atoms with Crippen molar-refractivity contribution in [2.24, 2.45) is 0 Å². The Bertz CT molecular complexity index is 1520. The predicted octanol–water partition coefficient (Wildman–Crippen LogP) is 4.01. The molecule has 0 amide bonds. The molecule has 0 saturated heterocycles. The summed E-state index contributed by atoms with van der Waals surface area (Å²) in [5.74, 6) is 2.39. The molecule has 2 aromatic carbocycles. The van der Waals surface area contributed by atoms with Crippen molar-refractivity contribution in [2.45, 2.75) is 24.3 Å². The van der Waals surface area contributed by atoms with Crippen molar-refractivity contribution in [1.82, 2.24) is 30.0 Å². The average Bonchev–Trinajstić information content (AvgIpc) is 3.57. The summed E-state index contributed by atoms with van der Waals surface area (Å²) in [4.78, 5) is 16.8. The van der Waals surface area contributed by atoms with Crippen LogP contribution >= 0.6 is 11.8 Å². The summed E-state index contributed by atoms with van der Waals surface area (Å²) in [6, 6.07) is 15.2. The number of nitrogens with one attached hydrogen (secondary N) is 1. The molecule has 0 atom stereocenters. The maximum atomic E-state index is 12.4. The molecule has 0 aliphatic rings. The summed E-state index contributed by atoms with van der Waals surface area (Å²) in [5.41, 5.74) is 3.66. The lowest BCUT2D eigenvalue weighted by Crippen LogP contribution is -2.13. The Morgan fingerprint density at radius 2 is 1.77 bits per heavy atom. The number of benzene rings is 2. The number of methoxy groups -OCH3 is 2. The zero-order valence-corrected chi connectivity index (χ0v) is 20.1. The Hall–Kier alpha value is -4.12. The number of aromatic nitrogens is 6. The first-order valence-electron chi connectivity index (χ1n) is 10.8. The van der Waals surface area contributed by atoms with Crippen LogP contribution in [0.5, 0.6) is 11.5 Å². The van der Waals surface area contributed by atoms with Crippen molar-refractivity contribution < 1.29 is 14.0 Å². The monoisotopic (exact) mass is 490 g/mol. The minimum Gasteiger partial charge on any atom is -0.497 e. The van der Waals surface area contributed by atoms with Crippen molar-refractivity contribution in [1.29, 1.82) is 0 Å². The Morgan fingerprint density at radius 1 is 1.03 bits per heavy atom. The van der Waals surface area contributed by atoms with Gasteiger partial charge in [-0.2, -0.15) is 10.1 Å². The molecule has 3 heterocycles. The molecular formula is C24H22N6O4S. The molecule has 178 valence electrons. The highest BCUT2D eigenvalue weighted by atomic mass is 32.2. The highest BCUT2D eigenvalue weighted by molar-refractivity contribution is 7.98. The highest BCUT2D eigenvalue weighted by Crippen LogP contribution is 2.29. The molecule has 10 nitrogen and oxygen atoms in total. The fourth-order valence-corrected chi connectivity index (χ4v) is 4.27. The largest absolute Gasteiger partial charge is 0.497 e. The van der Waals surface area contributed by atoms with E-state index in [-0.39, 0.29) is 5.56 Å². The van der Waals surface area contributed by atoms with Crippen LogP contribution < -0.4 is 15.0 Å². The molecule has 35 heavy (non-hydrogen) atoms. The summed E-state index contributed by atoms with van der Waals surface area (Å²) < 4.78 is 17.6. The Kier molecular flexibility index (Phi) is 6.23. The third-order valence-electron chi connectivity index (χ3n) is 5.44. The van der Waals surface area contributed by atoms with Gasteiger partial charge in [-0.3, -0.25) is 4.79 Å². The van der Waals surface area contributed by atoms with Gasteiger partial charge in [0, 0.05) is 17.2 Å². The van der Waals surface area contributed by atoms with Crippen LogP contribution in [-0.2, 0) is 12.2 Å². The van der Waals surface area contributed by atoms with Gasteiger partial charge in [0.15, 0.2) is 0 Å². The van der Waals surface area contributed by atoms with Crippen LogP contribution in [0.2, 0.25) is 0 Å². The first-order valence-corrected chi connectivity index (χ1v) is 11.8. The van der Waals surface area contributed by atoms with Crippen molar-refractivity contribution in [3.8, 4) is 34.1 Å². The molecular weight excluding hydrogens is 468 g/mol. The van der Waals surface area contributed by atoms with Gasteiger partial charge >= 0.3 is 0 Å². The third-order valence-corrected chi connectivity index (χ3v) is 6.35. The normalized spacial score (nSPS) is 11.2. The lowest BCUT2D eigenvalue weighted by atomic mass is 10.1. The van der Waals surface area contributed by atoms with Crippen LogP contribution in [0.1, 0.15) is 18.4 Å². The average molecular weight is 491 g/mol. The number of hydrogen-bond donors (Lipinski definition) is 1. The summed E-state index contributed by atoms with van der Waals surface area (Å²) >= 11 is 1.32. The van der Waals surface area contributed by atoms with Crippen LogP contribution in [0.25, 0.3) is 28.2 Å². The molecule has 0 saturated carbocycles. The van der Waals surface area contributed by atoms with E-state index < -0.39 is 0 Å². The van der Waals surface area contributed by atoms with Crippen molar-refractivity contribution in [3.63, 3.8) is 0 Å². The van der Waals surface area contributed by atoms with Crippen LogP contribution in [0, 0.1) is 0 Å². The van der Waals surface area contributed by atoms with Gasteiger partial charge in [0.25, 0.3) is 5.56 Å². The number of hydrogen-bond acceptors (Lipinski definition) is 9. The van der Waals surface area contributed by atoms with Gasteiger partial charge in [0.2, 0.25) is 16.9 Å². The van der Waals surface area contributed by atoms with E-state index in [2.05, 4.69) is 44.5 Å². The fraction of sp³-hybridized carbons (Fsp3) is 0.208. The maximum absolute atomic E-state index is 12.4. The van der Waals surface area contributed by atoms with Crippen LogP contribution in [0.4, 0.5) is 0 Å². The lowest BCUT2D eigenvalue weighted by Gasteiger charge is -2.05. The van der Waals surface area contributed by atoms with Gasteiger partial charge < -0.3 is 14.0 Å². The van der Waals surface area contributed by atoms with E-state index in [1.165, 1.54) is 21.8 Å². The van der Waals surface area contributed by atoms with E-state index in [1.807, 2.05) is 12.1 Å². The van der Waals surface area contributed by atoms with Crippen molar-refractivity contribution >= 4 is 17.3 Å². The number of aryl methyl sites for hydroxylation is 1. The molecule has 5 rings (SSSR count). The van der Waals surface area contributed by atoms with Crippen molar-refractivity contribution in [2.75, 3.05) is 14.2 Å². The second kappa shape index (κ2) is 9.63. The number of H-pyrrole nitrogens is 1. The standard InChI is InChI=1S/C24H22N6O4S/c1-4-14-5-7-15(8-6-14)19-12-20-23(31)26-27-24(30(20)28-19)35-13-21-25-22(29-34-21)16-9-17(32-2)11-18(10-16)33-3/h5-12H,4,13H2,1-3H3,(H,26,31). The number of rotatable bonds is 8. The summed E-state index contributed by atoms with van der Waals surface area (Å²) in [6.45, 7) is 2.11. The quantitative estimate of drug-likeness (QED) is 0.322. The summed E-state index contributed by atoms with van der Waals surface area (Å²) in [5, 5.41) is 15.9. The molecule has 0 aliphatic carbocycles. The second-order valence-corrected chi connectivity index (χ2v) is 8.56. The molecule has 0 bridgehead atoms. The lowest BCUT2D eigenvalue weighted by molar-refractivity contribution is 0.390. The van der Waals surface area contributed by atoms with Gasteiger partial charge in [-0.1, -0.05) is 48.1 Å². The van der Waals surface area contributed by atoms with Crippen molar-refractivity contribution in [3.05, 3.63) is 70.3 Å². The molecule has 1 N–H and O–H groups in total. The first-order chi connectivity index (χ1) is 17.1. The number of fused-ring (bicyclic) bond motifs is 1. The smallest absolute Gasteiger partial charge is 0.290 e. The molecule has 0 spiro atoms. The van der Waals surface area contributed by atoms with Gasteiger partial charge in [-0.25, -0.2) is 9.61 Å². The topological polar surface area (TPSA) is 120 Å². The van der Waals surface area contributed by atoms with Gasteiger partial charge in [-0.05, 0) is 30.2 Å². The molecule has 0 radical (unpaired) electrons. The van der Waals surface area contributed by atoms with E-state index in [1.54, 1.807) is 38.5 Å². The Balaban J connectivity index is 1.39. The SMILES string of the molecule is CCc1ccc(-c2cc3c(=O)[nH]nc(SCc4nc(-c5cc(OC)cc(OC)c5)no4)n3n2)cc1. The van der Waals surface area contributed by atoms with E-state index in [4.69, 9.17) is 14.0 Å². The van der Waals surface area contributed by atoms with Gasteiger partial charge in [-0.15, -0.1) is 5.10 Å². The molecule has 0 unspecified atom stereocenters. The van der Waals surface area contributed by atoms with Crippen LogP contribution in [0.3, 0.4) is 0 Å². The zero-order valence-electron chi connectivity index (χ0n) is 19.3. The predicted molar refractivity (Wildman–Crippen MR) is 131 cm³/mol. The number of ether oxygens (including phenoxy) is 2. The molecule has 0 fully saturated rings.